The van der Waals surface area contributed by atoms with Crippen molar-refractivity contribution in [2.45, 2.75) is 25.7 Å². The van der Waals surface area contributed by atoms with Crippen LogP contribution >= 0.6 is 27.5 Å². The van der Waals surface area contributed by atoms with Crippen LogP contribution in [0.1, 0.15) is 25.7 Å². The van der Waals surface area contributed by atoms with Crippen LogP contribution in [0.3, 0.4) is 0 Å². The standard InChI is InChI=1S/C13H16BrClN2O/c14-9-2-3-10(15)11(6-9)17-12(18)7-13(8-16)4-1-5-13/h2-3,6H,1,4-5,7-8,16H2,(H,17,18). The molecule has 0 aliphatic heterocycles. The minimum Gasteiger partial charge on any atom is -0.330 e. The fraction of sp³-hybridized carbons (Fsp3) is 0.462. The first-order chi connectivity index (χ1) is 8.54. The molecule has 1 fully saturated rings. The number of benzene rings is 1. The van der Waals surface area contributed by atoms with Gasteiger partial charge in [0.1, 0.15) is 0 Å². The lowest BCUT2D eigenvalue weighted by Gasteiger charge is -2.40. The molecule has 1 saturated carbocycles. The summed E-state index contributed by atoms with van der Waals surface area (Å²) in [4.78, 5) is 12.0. The average molecular weight is 332 g/mol. The zero-order valence-corrected chi connectivity index (χ0v) is 12.4. The number of carbonyl (C=O) groups is 1. The molecular weight excluding hydrogens is 316 g/mol. The Balaban J connectivity index is 2.00. The van der Waals surface area contributed by atoms with Gasteiger partial charge in [0.05, 0.1) is 10.7 Å². The van der Waals surface area contributed by atoms with Gasteiger partial charge in [-0.05, 0) is 43.0 Å². The molecule has 1 aliphatic carbocycles. The van der Waals surface area contributed by atoms with Crippen LogP contribution in [0.25, 0.3) is 0 Å². The van der Waals surface area contributed by atoms with Crippen LogP contribution < -0.4 is 11.1 Å². The number of carbonyl (C=O) groups excluding carboxylic acids is 1. The molecule has 5 heteroatoms. The minimum atomic E-state index is -0.0137. The van der Waals surface area contributed by atoms with Gasteiger partial charge in [-0.1, -0.05) is 34.0 Å². The van der Waals surface area contributed by atoms with Crippen molar-refractivity contribution in [2.75, 3.05) is 11.9 Å². The van der Waals surface area contributed by atoms with Gasteiger partial charge in [-0.25, -0.2) is 0 Å². The van der Waals surface area contributed by atoms with Crippen LogP contribution in [-0.2, 0) is 4.79 Å². The van der Waals surface area contributed by atoms with Crippen LogP contribution in [0.5, 0.6) is 0 Å². The highest BCUT2D eigenvalue weighted by Gasteiger charge is 2.37. The normalized spacial score (nSPS) is 17.1. The van der Waals surface area contributed by atoms with Crippen molar-refractivity contribution in [1.82, 2.24) is 0 Å². The predicted octanol–water partition coefficient (Wildman–Crippen LogP) is 3.56. The predicted molar refractivity (Wildman–Crippen MR) is 77.7 cm³/mol. The second kappa shape index (κ2) is 5.59. The summed E-state index contributed by atoms with van der Waals surface area (Å²) in [6, 6.07) is 5.39. The molecular formula is C13H16BrClN2O. The Kier molecular flexibility index (Phi) is 4.30. The molecule has 98 valence electrons. The zero-order chi connectivity index (χ0) is 13.2. The molecule has 2 rings (SSSR count). The van der Waals surface area contributed by atoms with E-state index >= 15 is 0 Å². The van der Waals surface area contributed by atoms with E-state index in [-0.39, 0.29) is 11.3 Å². The van der Waals surface area contributed by atoms with Gasteiger partial charge in [-0.2, -0.15) is 0 Å². The second-order valence-corrected chi connectivity index (χ2v) is 6.23. The monoisotopic (exact) mass is 330 g/mol. The third-order valence-corrected chi connectivity index (χ3v) is 4.41. The minimum absolute atomic E-state index is 0.0137. The maximum absolute atomic E-state index is 12.0. The molecule has 3 N–H and O–H groups in total. The van der Waals surface area contributed by atoms with E-state index in [0.29, 0.717) is 23.7 Å². The van der Waals surface area contributed by atoms with E-state index in [9.17, 15) is 4.79 Å². The van der Waals surface area contributed by atoms with Crippen molar-refractivity contribution in [1.29, 1.82) is 0 Å². The Morgan fingerprint density at radius 1 is 1.50 bits per heavy atom. The summed E-state index contributed by atoms with van der Waals surface area (Å²) >= 11 is 9.39. The number of anilines is 1. The Morgan fingerprint density at radius 3 is 2.78 bits per heavy atom. The lowest BCUT2D eigenvalue weighted by atomic mass is 9.66. The van der Waals surface area contributed by atoms with E-state index in [1.54, 1.807) is 12.1 Å². The number of hydrogen-bond acceptors (Lipinski definition) is 2. The van der Waals surface area contributed by atoms with Gasteiger partial charge in [-0.3, -0.25) is 4.79 Å². The summed E-state index contributed by atoms with van der Waals surface area (Å²) in [7, 11) is 0. The second-order valence-electron chi connectivity index (χ2n) is 4.91. The molecule has 3 nitrogen and oxygen atoms in total. The first kappa shape index (κ1) is 13.8. The molecule has 1 aromatic carbocycles. The summed E-state index contributed by atoms with van der Waals surface area (Å²) in [5, 5.41) is 3.40. The largest absolute Gasteiger partial charge is 0.330 e. The van der Waals surface area contributed by atoms with E-state index in [0.717, 1.165) is 17.3 Å². The number of rotatable bonds is 4. The van der Waals surface area contributed by atoms with Crippen LogP contribution in [0, 0.1) is 5.41 Å². The highest BCUT2D eigenvalue weighted by molar-refractivity contribution is 9.10. The van der Waals surface area contributed by atoms with Gasteiger partial charge in [0.2, 0.25) is 5.91 Å². The third kappa shape index (κ3) is 3.05. The van der Waals surface area contributed by atoms with Crippen LogP contribution in [0.15, 0.2) is 22.7 Å². The van der Waals surface area contributed by atoms with E-state index < -0.39 is 0 Å². The first-order valence-electron chi connectivity index (χ1n) is 6.00. The summed E-state index contributed by atoms with van der Waals surface area (Å²) in [6.45, 7) is 0.576. The highest BCUT2D eigenvalue weighted by Crippen LogP contribution is 2.43. The summed E-state index contributed by atoms with van der Waals surface area (Å²) < 4.78 is 0.888. The number of nitrogens with one attached hydrogen (secondary N) is 1. The summed E-state index contributed by atoms with van der Waals surface area (Å²) in [6.07, 6.45) is 3.74. The first-order valence-corrected chi connectivity index (χ1v) is 7.17. The molecule has 18 heavy (non-hydrogen) atoms. The lowest BCUT2D eigenvalue weighted by molar-refractivity contribution is -0.119. The van der Waals surface area contributed by atoms with Crippen molar-refractivity contribution in [3.05, 3.63) is 27.7 Å². The molecule has 0 radical (unpaired) electrons. The maximum Gasteiger partial charge on any atom is 0.225 e. The summed E-state index contributed by atoms with van der Waals surface area (Å²) in [5.41, 5.74) is 6.41. The SMILES string of the molecule is NCC1(CC(=O)Nc2cc(Br)ccc2Cl)CCC1. The van der Waals surface area contributed by atoms with Crippen molar-refractivity contribution >= 4 is 39.1 Å². The van der Waals surface area contributed by atoms with Crippen LogP contribution in [0.2, 0.25) is 5.02 Å². The van der Waals surface area contributed by atoms with Crippen molar-refractivity contribution in [3.8, 4) is 0 Å². The van der Waals surface area contributed by atoms with Gasteiger partial charge in [-0.15, -0.1) is 0 Å². The van der Waals surface area contributed by atoms with Gasteiger partial charge in [0.25, 0.3) is 0 Å². The molecule has 0 atom stereocenters. The van der Waals surface area contributed by atoms with Gasteiger partial charge in [0, 0.05) is 10.9 Å². The number of nitrogens with two attached hydrogens (primary N) is 1. The van der Waals surface area contributed by atoms with Crippen LogP contribution in [-0.4, -0.2) is 12.5 Å². The van der Waals surface area contributed by atoms with E-state index in [4.69, 9.17) is 17.3 Å². The molecule has 1 aliphatic rings. The van der Waals surface area contributed by atoms with Crippen LogP contribution in [0.4, 0.5) is 5.69 Å². The van der Waals surface area contributed by atoms with Gasteiger partial charge < -0.3 is 11.1 Å². The van der Waals surface area contributed by atoms with Gasteiger partial charge >= 0.3 is 0 Å². The molecule has 0 heterocycles. The smallest absolute Gasteiger partial charge is 0.225 e. The Bertz CT molecular complexity index is 455. The summed E-state index contributed by atoms with van der Waals surface area (Å²) in [5.74, 6) is -0.0137. The topological polar surface area (TPSA) is 55.1 Å². The van der Waals surface area contributed by atoms with E-state index in [2.05, 4.69) is 21.2 Å². The number of hydrogen-bond donors (Lipinski definition) is 2. The van der Waals surface area contributed by atoms with Crippen molar-refractivity contribution < 1.29 is 4.79 Å². The highest BCUT2D eigenvalue weighted by atomic mass is 79.9. The molecule has 1 amide bonds. The average Bonchev–Trinajstić information content (AvgIpc) is 2.28. The fourth-order valence-corrected chi connectivity index (χ4v) is 2.78. The Morgan fingerprint density at radius 2 is 2.22 bits per heavy atom. The molecule has 0 unspecified atom stereocenters. The molecule has 0 spiro atoms. The number of halogens is 2. The van der Waals surface area contributed by atoms with Crippen molar-refractivity contribution in [3.63, 3.8) is 0 Å². The molecule has 0 bridgehead atoms. The Hall–Kier alpha value is -0.580. The lowest BCUT2D eigenvalue weighted by Crippen LogP contribution is -2.40. The molecule has 1 aromatic rings. The third-order valence-electron chi connectivity index (χ3n) is 3.59. The fourth-order valence-electron chi connectivity index (χ4n) is 2.26. The zero-order valence-electron chi connectivity index (χ0n) is 10.0. The van der Waals surface area contributed by atoms with E-state index in [1.165, 1.54) is 6.42 Å². The molecule has 0 aromatic heterocycles. The van der Waals surface area contributed by atoms with Crippen molar-refractivity contribution in [2.24, 2.45) is 11.1 Å². The Labute approximate surface area is 120 Å². The van der Waals surface area contributed by atoms with Gasteiger partial charge in [0.15, 0.2) is 0 Å². The maximum atomic E-state index is 12.0. The van der Waals surface area contributed by atoms with E-state index in [1.807, 2.05) is 6.07 Å². The quantitative estimate of drug-likeness (QED) is 0.886. The molecule has 0 saturated heterocycles. The number of amides is 1.